The molecule has 3 heterocycles. The summed E-state index contributed by atoms with van der Waals surface area (Å²) in [5, 5.41) is 7.30. The Balaban J connectivity index is 2.18. The summed E-state index contributed by atoms with van der Waals surface area (Å²) in [7, 11) is 0. The standard InChI is InChI=1S/C16H18N4O3/c1-8-6-11(10(3)22-8)13-7-12(15(21)18-5-4-17)14-9(2)20-23-16(14)19-13/h6-7H,4-5,17H2,1-3H3,(H,18,21). The summed E-state index contributed by atoms with van der Waals surface area (Å²) in [6, 6.07) is 3.62. The van der Waals surface area contributed by atoms with Crippen molar-refractivity contribution in [1.29, 1.82) is 0 Å². The van der Waals surface area contributed by atoms with Gasteiger partial charge < -0.3 is 20.0 Å². The number of aromatic nitrogens is 2. The van der Waals surface area contributed by atoms with Crippen molar-refractivity contribution in [3.63, 3.8) is 0 Å². The van der Waals surface area contributed by atoms with Crippen molar-refractivity contribution in [2.24, 2.45) is 5.73 Å². The maximum Gasteiger partial charge on any atom is 0.259 e. The first-order valence-corrected chi connectivity index (χ1v) is 7.34. The normalized spacial score (nSPS) is 11.1. The number of fused-ring (bicyclic) bond motifs is 1. The smallest absolute Gasteiger partial charge is 0.259 e. The van der Waals surface area contributed by atoms with E-state index in [4.69, 9.17) is 14.7 Å². The number of amides is 1. The van der Waals surface area contributed by atoms with Gasteiger partial charge in [0.25, 0.3) is 11.6 Å². The fourth-order valence-electron chi connectivity index (χ4n) is 2.58. The Bertz CT molecular complexity index is 879. The Morgan fingerprint density at radius 1 is 1.30 bits per heavy atom. The predicted octanol–water partition coefficient (Wildman–Crippen LogP) is 2.10. The molecule has 3 aromatic rings. The number of aryl methyl sites for hydroxylation is 3. The highest BCUT2D eigenvalue weighted by atomic mass is 16.5. The maximum atomic E-state index is 12.5. The highest BCUT2D eigenvalue weighted by Gasteiger charge is 2.20. The van der Waals surface area contributed by atoms with Gasteiger partial charge in [0.15, 0.2) is 0 Å². The molecule has 120 valence electrons. The molecule has 0 aliphatic rings. The average molecular weight is 314 g/mol. The molecular formula is C16H18N4O3. The maximum absolute atomic E-state index is 12.5. The van der Waals surface area contributed by atoms with Crippen LogP contribution in [0.15, 0.2) is 21.1 Å². The zero-order valence-corrected chi connectivity index (χ0v) is 13.3. The second-order valence-electron chi connectivity index (χ2n) is 5.37. The van der Waals surface area contributed by atoms with E-state index in [0.717, 1.165) is 17.1 Å². The van der Waals surface area contributed by atoms with E-state index < -0.39 is 0 Å². The van der Waals surface area contributed by atoms with E-state index in [2.05, 4.69) is 15.5 Å². The molecule has 0 fully saturated rings. The molecule has 0 aliphatic heterocycles. The van der Waals surface area contributed by atoms with Crippen molar-refractivity contribution in [2.75, 3.05) is 13.1 Å². The molecule has 0 spiro atoms. The van der Waals surface area contributed by atoms with Crippen molar-refractivity contribution >= 4 is 17.0 Å². The van der Waals surface area contributed by atoms with Gasteiger partial charge in [-0.05, 0) is 32.9 Å². The highest BCUT2D eigenvalue weighted by molar-refractivity contribution is 6.07. The monoisotopic (exact) mass is 314 g/mol. The Morgan fingerprint density at radius 2 is 2.09 bits per heavy atom. The summed E-state index contributed by atoms with van der Waals surface area (Å²) >= 11 is 0. The van der Waals surface area contributed by atoms with Crippen LogP contribution in [0.1, 0.15) is 27.6 Å². The number of hydrogen-bond acceptors (Lipinski definition) is 6. The van der Waals surface area contributed by atoms with Crippen LogP contribution in [0.4, 0.5) is 0 Å². The van der Waals surface area contributed by atoms with Crippen LogP contribution in [0.3, 0.4) is 0 Å². The third kappa shape index (κ3) is 2.70. The summed E-state index contributed by atoms with van der Waals surface area (Å²) in [6.45, 7) is 6.26. The lowest BCUT2D eigenvalue weighted by Crippen LogP contribution is -2.29. The van der Waals surface area contributed by atoms with Gasteiger partial charge in [-0.1, -0.05) is 5.16 Å². The molecule has 3 N–H and O–H groups in total. The molecule has 0 atom stereocenters. The number of nitrogens with one attached hydrogen (secondary N) is 1. The van der Waals surface area contributed by atoms with E-state index in [1.165, 1.54) is 0 Å². The minimum atomic E-state index is -0.228. The zero-order chi connectivity index (χ0) is 16.6. The van der Waals surface area contributed by atoms with Crippen LogP contribution in [0.25, 0.3) is 22.4 Å². The van der Waals surface area contributed by atoms with Crippen LogP contribution in [0, 0.1) is 20.8 Å². The van der Waals surface area contributed by atoms with E-state index in [-0.39, 0.29) is 5.91 Å². The molecule has 23 heavy (non-hydrogen) atoms. The van der Waals surface area contributed by atoms with Gasteiger partial charge in [0.2, 0.25) is 0 Å². The third-order valence-corrected chi connectivity index (χ3v) is 3.61. The summed E-state index contributed by atoms with van der Waals surface area (Å²) in [5.74, 6) is 1.29. The van der Waals surface area contributed by atoms with Gasteiger partial charge in [0.05, 0.1) is 22.3 Å². The van der Waals surface area contributed by atoms with E-state index in [1.54, 1.807) is 13.0 Å². The topological polar surface area (TPSA) is 107 Å². The first-order valence-electron chi connectivity index (χ1n) is 7.34. The Hall–Kier alpha value is -2.67. The Morgan fingerprint density at radius 3 is 2.74 bits per heavy atom. The molecule has 0 unspecified atom stereocenters. The average Bonchev–Trinajstić information content (AvgIpc) is 3.06. The number of furan rings is 1. The van der Waals surface area contributed by atoms with Crippen LogP contribution >= 0.6 is 0 Å². The van der Waals surface area contributed by atoms with Crippen molar-refractivity contribution in [3.05, 3.63) is 34.9 Å². The second kappa shape index (κ2) is 5.85. The molecule has 0 bridgehead atoms. The number of hydrogen-bond donors (Lipinski definition) is 2. The molecule has 3 aromatic heterocycles. The predicted molar refractivity (Wildman–Crippen MR) is 85.1 cm³/mol. The number of rotatable bonds is 4. The lowest BCUT2D eigenvalue weighted by Gasteiger charge is -2.07. The fraction of sp³-hybridized carbons (Fsp3) is 0.312. The van der Waals surface area contributed by atoms with Crippen LogP contribution in [0.5, 0.6) is 0 Å². The lowest BCUT2D eigenvalue weighted by atomic mass is 10.1. The van der Waals surface area contributed by atoms with E-state index in [0.29, 0.717) is 41.1 Å². The van der Waals surface area contributed by atoms with Crippen LogP contribution in [-0.4, -0.2) is 29.1 Å². The second-order valence-corrected chi connectivity index (χ2v) is 5.37. The summed E-state index contributed by atoms with van der Waals surface area (Å²) in [6.07, 6.45) is 0. The molecule has 0 saturated heterocycles. The third-order valence-electron chi connectivity index (χ3n) is 3.61. The lowest BCUT2D eigenvalue weighted by molar-refractivity contribution is 0.0956. The number of nitrogens with two attached hydrogens (primary N) is 1. The Labute approximate surface area is 132 Å². The molecule has 7 nitrogen and oxygen atoms in total. The summed E-state index contributed by atoms with van der Waals surface area (Å²) in [4.78, 5) is 16.9. The number of carbonyl (C=O) groups is 1. The number of pyridine rings is 1. The van der Waals surface area contributed by atoms with Crippen LogP contribution < -0.4 is 11.1 Å². The van der Waals surface area contributed by atoms with Gasteiger partial charge in [-0.15, -0.1) is 0 Å². The van der Waals surface area contributed by atoms with Crippen LogP contribution in [0.2, 0.25) is 0 Å². The van der Waals surface area contributed by atoms with Gasteiger partial charge in [-0.3, -0.25) is 4.79 Å². The van der Waals surface area contributed by atoms with Crippen molar-refractivity contribution in [3.8, 4) is 11.3 Å². The minimum absolute atomic E-state index is 0.228. The zero-order valence-electron chi connectivity index (χ0n) is 13.3. The number of carbonyl (C=O) groups excluding carboxylic acids is 1. The van der Waals surface area contributed by atoms with Crippen LogP contribution in [-0.2, 0) is 0 Å². The van der Waals surface area contributed by atoms with Gasteiger partial charge in [0.1, 0.15) is 11.5 Å². The van der Waals surface area contributed by atoms with Gasteiger partial charge in [0, 0.05) is 18.7 Å². The van der Waals surface area contributed by atoms with Gasteiger partial charge in [-0.25, -0.2) is 4.98 Å². The molecule has 7 heteroatoms. The molecular weight excluding hydrogens is 296 g/mol. The van der Waals surface area contributed by atoms with E-state index in [1.807, 2.05) is 19.9 Å². The number of nitrogens with zero attached hydrogens (tertiary/aromatic N) is 2. The molecule has 3 rings (SSSR count). The molecule has 0 radical (unpaired) electrons. The molecule has 0 saturated carbocycles. The fourth-order valence-corrected chi connectivity index (χ4v) is 2.58. The minimum Gasteiger partial charge on any atom is -0.466 e. The Kier molecular flexibility index (Phi) is 3.87. The summed E-state index contributed by atoms with van der Waals surface area (Å²) < 4.78 is 10.8. The molecule has 0 aliphatic carbocycles. The highest BCUT2D eigenvalue weighted by Crippen LogP contribution is 2.30. The molecule has 0 aromatic carbocycles. The van der Waals surface area contributed by atoms with E-state index in [9.17, 15) is 4.79 Å². The van der Waals surface area contributed by atoms with E-state index >= 15 is 0 Å². The SMILES string of the molecule is Cc1cc(-c2cc(C(=O)NCCN)c3c(C)noc3n2)c(C)o1. The first kappa shape index (κ1) is 15.2. The van der Waals surface area contributed by atoms with Crippen molar-refractivity contribution in [1.82, 2.24) is 15.5 Å². The van der Waals surface area contributed by atoms with Gasteiger partial charge in [-0.2, -0.15) is 0 Å². The van der Waals surface area contributed by atoms with Crippen molar-refractivity contribution in [2.45, 2.75) is 20.8 Å². The van der Waals surface area contributed by atoms with Crippen molar-refractivity contribution < 1.29 is 13.7 Å². The quantitative estimate of drug-likeness (QED) is 0.763. The summed E-state index contributed by atoms with van der Waals surface area (Å²) in [5.41, 5.74) is 8.31. The largest absolute Gasteiger partial charge is 0.466 e. The first-order chi connectivity index (χ1) is 11.0. The molecule has 1 amide bonds. The van der Waals surface area contributed by atoms with Gasteiger partial charge >= 0.3 is 0 Å².